The molecule has 7 nitrogen and oxygen atoms in total. The summed E-state index contributed by atoms with van der Waals surface area (Å²) in [6.07, 6.45) is 5.71. The van der Waals surface area contributed by atoms with Crippen LogP contribution in [-0.4, -0.2) is 32.1 Å². The lowest BCUT2D eigenvalue weighted by Gasteiger charge is -2.39. The number of carbonyl (C=O) groups is 2. The van der Waals surface area contributed by atoms with Crippen molar-refractivity contribution in [2.24, 2.45) is 5.92 Å². The summed E-state index contributed by atoms with van der Waals surface area (Å²) in [6, 6.07) is 4.81. The van der Waals surface area contributed by atoms with Crippen molar-refractivity contribution in [3.8, 4) is 0 Å². The van der Waals surface area contributed by atoms with Crippen molar-refractivity contribution >= 4 is 39.0 Å². The Balaban J connectivity index is 1.68. The third-order valence-corrected chi connectivity index (χ3v) is 7.25. The molecule has 196 valence electrons. The van der Waals surface area contributed by atoms with Crippen LogP contribution in [0.15, 0.2) is 41.6 Å². The van der Waals surface area contributed by atoms with E-state index in [4.69, 9.17) is 0 Å². The van der Waals surface area contributed by atoms with E-state index in [1.807, 2.05) is 0 Å². The van der Waals surface area contributed by atoms with Crippen LogP contribution in [0.5, 0.6) is 0 Å². The molecule has 2 N–H and O–H groups in total. The fourth-order valence-corrected chi connectivity index (χ4v) is 4.94. The highest BCUT2D eigenvalue weighted by molar-refractivity contribution is 8.45. The first-order valence-corrected chi connectivity index (χ1v) is 13.1. The number of hydrogen-bond donors (Lipinski definition) is 2. The standard InChI is InChI=1S/C23H25F5N4O3S/c1-23(2,35)17-11-19-15(12-32(31-19)16-8-6-14(13-33)7-9-16)10-20(17)30-22(34)18-4-3-5-21(29-18)36(24,25,26,27)28/h3-5,10-14,16,35H,6-9H2,1-2H3,(H,30,34)/t14-,16-. The van der Waals surface area contributed by atoms with Gasteiger partial charge >= 0.3 is 10.2 Å². The molecule has 1 fully saturated rings. The predicted octanol–water partition coefficient (Wildman–Crippen LogP) is 6.50. The minimum Gasteiger partial charge on any atom is -0.386 e. The first kappa shape index (κ1) is 26.0. The van der Waals surface area contributed by atoms with Gasteiger partial charge in [-0.2, -0.15) is 5.10 Å². The maximum atomic E-state index is 13.2. The topological polar surface area (TPSA) is 97.1 Å². The largest absolute Gasteiger partial charge is 0.386 e. The van der Waals surface area contributed by atoms with Gasteiger partial charge in [-0.3, -0.25) is 9.48 Å². The molecular weight excluding hydrogens is 507 g/mol. The van der Waals surface area contributed by atoms with Gasteiger partial charge in [-0.15, -0.1) is 0 Å². The number of aliphatic hydroxyl groups is 1. The molecule has 36 heavy (non-hydrogen) atoms. The quantitative estimate of drug-likeness (QED) is 0.279. The average Bonchev–Trinajstić information content (AvgIpc) is 3.19. The maximum absolute atomic E-state index is 13.2. The van der Waals surface area contributed by atoms with Crippen molar-refractivity contribution in [3.63, 3.8) is 0 Å². The van der Waals surface area contributed by atoms with E-state index in [2.05, 4.69) is 15.4 Å². The van der Waals surface area contributed by atoms with Gasteiger partial charge in [0.2, 0.25) is 0 Å². The molecule has 4 rings (SSSR count). The third-order valence-electron chi connectivity index (χ3n) is 6.23. The highest BCUT2D eigenvalue weighted by atomic mass is 32.5. The molecule has 3 aromatic rings. The summed E-state index contributed by atoms with van der Waals surface area (Å²) in [5.41, 5.74) is -1.53. The lowest BCUT2D eigenvalue weighted by molar-refractivity contribution is -0.112. The fraction of sp³-hybridized carbons (Fsp3) is 0.391. The van der Waals surface area contributed by atoms with E-state index in [1.54, 1.807) is 16.9 Å². The van der Waals surface area contributed by atoms with Gasteiger partial charge in [-0.1, -0.05) is 25.5 Å². The van der Waals surface area contributed by atoms with Crippen molar-refractivity contribution < 1.29 is 34.1 Å². The van der Waals surface area contributed by atoms with Crippen LogP contribution < -0.4 is 5.32 Å². The number of nitrogens with one attached hydrogen (secondary N) is 1. The second-order valence-corrected chi connectivity index (χ2v) is 12.0. The number of nitrogens with zero attached hydrogens (tertiary/aromatic N) is 3. The molecule has 1 aliphatic rings. The Labute approximate surface area is 203 Å². The monoisotopic (exact) mass is 532 g/mol. The number of rotatable bonds is 6. The maximum Gasteiger partial charge on any atom is 0.325 e. The summed E-state index contributed by atoms with van der Waals surface area (Å²) in [7, 11) is -10.1. The number of benzene rings is 1. The van der Waals surface area contributed by atoms with Crippen LogP contribution in [0.4, 0.5) is 25.1 Å². The number of fused-ring (bicyclic) bond motifs is 1. The Morgan fingerprint density at radius 2 is 1.81 bits per heavy atom. The van der Waals surface area contributed by atoms with Crippen molar-refractivity contribution in [1.82, 2.24) is 14.8 Å². The van der Waals surface area contributed by atoms with Crippen molar-refractivity contribution in [1.29, 1.82) is 0 Å². The molecule has 1 amide bonds. The zero-order chi connectivity index (χ0) is 26.6. The van der Waals surface area contributed by atoms with Gasteiger partial charge in [0, 0.05) is 28.8 Å². The molecule has 0 atom stereocenters. The Hall–Kier alpha value is -3.06. The van der Waals surface area contributed by atoms with E-state index in [0.29, 0.717) is 17.0 Å². The molecule has 2 aromatic heterocycles. The van der Waals surface area contributed by atoms with Gasteiger partial charge in [0.15, 0.2) is 5.03 Å². The van der Waals surface area contributed by atoms with E-state index in [-0.39, 0.29) is 29.3 Å². The average molecular weight is 533 g/mol. The van der Waals surface area contributed by atoms with Gasteiger partial charge in [0.05, 0.1) is 17.2 Å². The first-order valence-electron chi connectivity index (χ1n) is 11.2. The van der Waals surface area contributed by atoms with E-state index >= 15 is 0 Å². The summed E-state index contributed by atoms with van der Waals surface area (Å²) in [4.78, 5) is 26.6. The molecule has 1 aliphatic carbocycles. The molecule has 0 unspecified atom stereocenters. The van der Waals surface area contributed by atoms with Gasteiger partial charge in [0.25, 0.3) is 5.91 Å². The van der Waals surface area contributed by atoms with Crippen molar-refractivity contribution in [3.05, 3.63) is 47.8 Å². The molecular formula is C23H25F5N4O3S. The number of anilines is 1. The van der Waals surface area contributed by atoms with Crippen LogP contribution >= 0.6 is 10.2 Å². The molecule has 0 saturated heterocycles. The Kier molecular flexibility index (Phi) is 5.76. The summed E-state index contributed by atoms with van der Waals surface area (Å²) >= 11 is 0. The van der Waals surface area contributed by atoms with Crippen LogP contribution in [0, 0.1) is 5.92 Å². The molecule has 1 aromatic carbocycles. The van der Waals surface area contributed by atoms with Gasteiger partial charge in [-0.05, 0) is 63.8 Å². The zero-order valence-corrected chi connectivity index (χ0v) is 20.2. The van der Waals surface area contributed by atoms with Gasteiger partial charge < -0.3 is 15.2 Å². The van der Waals surface area contributed by atoms with Crippen LogP contribution in [0.25, 0.3) is 10.9 Å². The van der Waals surface area contributed by atoms with Gasteiger partial charge in [-0.25, -0.2) is 4.98 Å². The van der Waals surface area contributed by atoms with Crippen LogP contribution in [-0.2, 0) is 10.4 Å². The first-order chi connectivity index (χ1) is 16.4. The molecule has 0 radical (unpaired) electrons. The highest BCUT2D eigenvalue weighted by Crippen LogP contribution is 3.01. The third kappa shape index (κ3) is 5.51. The Bertz CT molecular complexity index is 1340. The lowest BCUT2D eigenvalue weighted by Crippen LogP contribution is -2.22. The SMILES string of the molecule is CC(C)(O)c1cc2nn([C@H]3CC[C@H](C=O)CC3)cc2cc1NC(=O)c1cccc(S(F)(F)(F)(F)F)n1. The molecule has 1 saturated carbocycles. The fourth-order valence-electron chi connectivity index (χ4n) is 4.33. The number of aromatic nitrogens is 3. The zero-order valence-electron chi connectivity index (χ0n) is 19.4. The second kappa shape index (κ2) is 7.97. The summed E-state index contributed by atoms with van der Waals surface area (Å²) < 4.78 is 67.6. The second-order valence-electron chi connectivity index (χ2n) is 9.61. The molecule has 13 heteroatoms. The molecule has 2 heterocycles. The van der Waals surface area contributed by atoms with Crippen LogP contribution in [0.1, 0.15) is 61.6 Å². The number of amides is 1. The Morgan fingerprint density at radius 1 is 1.14 bits per heavy atom. The normalized spacial score (nSPS) is 21.0. The van der Waals surface area contributed by atoms with Crippen LogP contribution in [0.3, 0.4) is 0 Å². The van der Waals surface area contributed by atoms with E-state index in [1.165, 1.54) is 19.9 Å². The smallest absolute Gasteiger partial charge is 0.325 e. The van der Waals surface area contributed by atoms with E-state index in [9.17, 15) is 34.1 Å². The molecule has 0 spiro atoms. The number of hydrogen-bond acceptors (Lipinski definition) is 5. The summed E-state index contributed by atoms with van der Waals surface area (Å²) in [6.45, 7) is 2.91. The lowest BCUT2D eigenvalue weighted by atomic mass is 9.87. The van der Waals surface area contributed by atoms with Crippen LogP contribution in [0.2, 0.25) is 0 Å². The predicted molar refractivity (Wildman–Crippen MR) is 126 cm³/mol. The number of carbonyl (C=O) groups excluding carboxylic acids is 2. The molecule has 0 bridgehead atoms. The van der Waals surface area contributed by atoms with E-state index in [0.717, 1.165) is 38.0 Å². The molecule has 0 aliphatic heterocycles. The number of halogens is 5. The van der Waals surface area contributed by atoms with E-state index < -0.39 is 32.5 Å². The summed E-state index contributed by atoms with van der Waals surface area (Å²) in [5.74, 6) is -1.12. The summed E-state index contributed by atoms with van der Waals surface area (Å²) in [5, 5.41) is 15.8. The minimum absolute atomic E-state index is 0.0288. The number of pyridine rings is 1. The number of aldehydes is 1. The van der Waals surface area contributed by atoms with Crippen molar-refractivity contribution in [2.75, 3.05) is 5.32 Å². The Morgan fingerprint density at radius 3 is 2.39 bits per heavy atom. The van der Waals surface area contributed by atoms with Gasteiger partial charge in [0.1, 0.15) is 12.0 Å². The highest BCUT2D eigenvalue weighted by Gasteiger charge is 2.67. The minimum atomic E-state index is -10.1. The van der Waals surface area contributed by atoms with Crippen molar-refractivity contribution in [2.45, 2.75) is 56.2 Å².